The van der Waals surface area contributed by atoms with E-state index in [-0.39, 0.29) is 5.41 Å². The predicted octanol–water partition coefficient (Wildman–Crippen LogP) is 1.87. The standard InChI is InChI=1S/C9H18N2O/c1-3-11-6-4-9(2,5-7-11)8-10-12/h3-8H2,1-2H3. The second kappa shape index (κ2) is 3.99. The number of hydrogen-bond acceptors (Lipinski definition) is 3. The summed E-state index contributed by atoms with van der Waals surface area (Å²) in [6.07, 6.45) is 2.24. The maximum absolute atomic E-state index is 10.2. The lowest BCUT2D eigenvalue weighted by molar-refractivity contribution is 0.129. The molecule has 3 nitrogen and oxygen atoms in total. The molecule has 70 valence electrons. The van der Waals surface area contributed by atoms with Crippen molar-refractivity contribution in [3.05, 3.63) is 4.91 Å². The molecular weight excluding hydrogens is 152 g/mol. The average Bonchev–Trinajstić information content (AvgIpc) is 2.06. The number of nitroso groups, excluding NO2 is 1. The molecule has 12 heavy (non-hydrogen) atoms. The molecule has 0 saturated carbocycles. The lowest BCUT2D eigenvalue weighted by Gasteiger charge is -2.37. The van der Waals surface area contributed by atoms with E-state index in [9.17, 15) is 4.91 Å². The summed E-state index contributed by atoms with van der Waals surface area (Å²) in [5, 5.41) is 3.01. The molecule has 0 spiro atoms. The van der Waals surface area contributed by atoms with Crippen LogP contribution in [0.3, 0.4) is 0 Å². The first-order valence-corrected chi connectivity index (χ1v) is 4.72. The van der Waals surface area contributed by atoms with Gasteiger partial charge in [0.05, 0.1) is 6.54 Å². The fourth-order valence-corrected chi connectivity index (χ4v) is 1.72. The molecule has 0 aromatic carbocycles. The Labute approximate surface area is 74.1 Å². The summed E-state index contributed by atoms with van der Waals surface area (Å²) < 4.78 is 0. The van der Waals surface area contributed by atoms with Gasteiger partial charge in [0.15, 0.2) is 0 Å². The smallest absolute Gasteiger partial charge is 0.0865 e. The van der Waals surface area contributed by atoms with Crippen molar-refractivity contribution in [3.63, 3.8) is 0 Å². The summed E-state index contributed by atoms with van der Waals surface area (Å²) in [7, 11) is 0. The van der Waals surface area contributed by atoms with Crippen LogP contribution in [0.1, 0.15) is 26.7 Å². The molecule has 3 heteroatoms. The van der Waals surface area contributed by atoms with Crippen LogP contribution in [-0.2, 0) is 0 Å². The van der Waals surface area contributed by atoms with Crippen molar-refractivity contribution in [1.82, 2.24) is 4.90 Å². The molecule has 1 heterocycles. The molecule has 0 unspecified atom stereocenters. The Balaban J connectivity index is 2.38. The summed E-state index contributed by atoms with van der Waals surface area (Å²) in [6, 6.07) is 0. The minimum atomic E-state index is 0.188. The van der Waals surface area contributed by atoms with Gasteiger partial charge in [-0.1, -0.05) is 19.0 Å². The Morgan fingerprint density at radius 3 is 2.42 bits per heavy atom. The van der Waals surface area contributed by atoms with E-state index in [1.165, 1.54) is 0 Å². The molecule has 0 radical (unpaired) electrons. The minimum absolute atomic E-state index is 0.188. The molecule has 0 aromatic rings. The van der Waals surface area contributed by atoms with Gasteiger partial charge in [-0.2, -0.15) is 4.91 Å². The van der Waals surface area contributed by atoms with E-state index in [4.69, 9.17) is 0 Å². The Bertz CT molecular complexity index is 151. The predicted molar refractivity (Wildman–Crippen MR) is 50.1 cm³/mol. The molecule has 0 bridgehead atoms. The van der Waals surface area contributed by atoms with Gasteiger partial charge in [0, 0.05) is 0 Å². The van der Waals surface area contributed by atoms with E-state index in [0.717, 1.165) is 32.5 Å². The van der Waals surface area contributed by atoms with Gasteiger partial charge in [-0.05, 0) is 37.9 Å². The molecule has 1 saturated heterocycles. The van der Waals surface area contributed by atoms with E-state index in [1.807, 2.05) is 0 Å². The van der Waals surface area contributed by atoms with Gasteiger partial charge >= 0.3 is 0 Å². The summed E-state index contributed by atoms with van der Waals surface area (Å²) in [4.78, 5) is 12.6. The second-order valence-corrected chi connectivity index (χ2v) is 4.03. The zero-order chi connectivity index (χ0) is 9.03. The highest BCUT2D eigenvalue weighted by molar-refractivity contribution is 4.83. The number of rotatable bonds is 3. The zero-order valence-electron chi connectivity index (χ0n) is 8.05. The topological polar surface area (TPSA) is 32.7 Å². The molecule has 0 amide bonds. The van der Waals surface area contributed by atoms with Crippen molar-refractivity contribution in [2.45, 2.75) is 26.7 Å². The molecule has 1 rings (SSSR count). The monoisotopic (exact) mass is 170 g/mol. The van der Waals surface area contributed by atoms with Crippen molar-refractivity contribution >= 4 is 0 Å². The van der Waals surface area contributed by atoms with Crippen LogP contribution < -0.4 is 0 Å². The summed E-state index contributed by atoms with van der Waals surface area (Å²) in [6.45, 7) is 8.22. The molecule has 1 aliphatic rings. The molecule has 0 N–H and O–H groups in total. The van der Waals surface area contributed by atoms with Crippen LogP contribution in [0.5, 0.6) is 0 Å². The lowest BCUT2D eigenvalue weighted by atomic mass is 9.80. The quantitative estimate of drug-likeness (QED) is 0.606. The fourth-order valence-electron chi connectivity index (χ4n) is 1.72. The van der Waals surface area contributed by atoms with Crippen LogP contribution in [0, 0.1) is 10.3 Å². The summed E-state index contributed by atoms with van der Waals surface area (Å²) in [5.74, 6) is 0. The molecule has 1 fully saturated rings. The molecule has 1 aliphatic heterocycles. The molecule has 0 aliphatic carbocycles. The van der Waals surface area contributed by atoms with Crippen LogP contribution in [0.15, 0.2) is 5.18 Å². The third kappa shape index (κ3) is 2.27. The maximum Gasteiger partial charge on any atom is 0.0865 e. The Kier molecular flexibility index (Phi) is 3.20. The van der Waals surface area contributed by atoms with Gasteiger partial charge < -0.3 is 4.90 Å². The van der Waals surface area contributed by atoms with Crippen molar-refractivity contribution < 1.29 is 0 Å². The number of likely N-dealkylation sites (tertiary alicyclic amines) is 1. The highest BCUT2D eigenvalue weighted by Gasteiger charge is 2.29. The fraction of sp³-hybridized carbons (Fsp3) is 1.00. The van der Waals surface area contributed by atoms with Crippen LogP contribution in [0.2, 0.25) is 0 Å². The number of piperidine rings is 1. The van der Waals surface area contributed by atoms with Crippen molar-refractivity contribution in [2.75, 3.05) is 26.2 Å². The van der Waals surface area contributed by atoms with Gasteiger partial charge in [-0.3, -0.25) is 0 Å². The zero-order valence-corrected chi connectivity index (χ0v) is 8.05. The highest BCUT2D eigenvalue weighted by atomic mass is 16.3. The summed E-state index contributed by atoms with van der Waals surface area (Å²) >= 11 is 0. The lowest BCUT2D eigenvalue weighted by Crippen LogP contribution is -2.39. The van der Waals surface area contributed by atoms with Gasteiger partial charge in [0.1, 0.15) is 0 Å². The minimum Gasteiger partial charge on any atom is -0.304 e. The number of nitrogens with zero attached hydrogens (tertiary/aromatic N) is 2. The van der Waals surface area contributed by atoms with E-state index in [1.54, 1.807) is 0 Å². The van der Waals surface area contributed by atoms with Crippen molar-refractivity contribution in [3.8, 4) is 0 Å². The largest absolute Gasteiger partial charge is 0.304 e. The molecular formula is C9H18N2O. The molecule has 0 atom stereocenters. The van der Waals surface area contributed by atoms with Crippen molar-refractivity contribution in [2.24, 2.45) is 10.6 Å². The Morgan fingerprint density at radius 1 is 1.42 bits per heavy atom. The van der Waals surface area contributed by atoms with Crippen LogP contribution in [-0.4, -0.2) is 31.1 Å². The van der Waals surface area contributed by atoms with Crippen LogP contribution >= 0.6 is 0 Å². The van der Waals surface area contributed by atoms with Gasteiger partial charge in [-0.15, -0.1) is 0 Å². The SMILES string of the molecule is CCN1CCC(C)(CN=O)CC1. The second-order valence-electron chi connectivity index (χ2n) is 4.03. The van der Waals surface area contributed by atoms with E-state index >= 15 is 0 Å². The van der Waals surface area contributed by atoms with Gasteiger partial charge in [0.2, 0.25) is 0 Å². The number of hydrogen-bond donors (Lipinski definition) is 0. The highest BCUT2D eigenvalue weighted by Crippen LogP contribution is 2.30. The van der Waals surface area contributed by atoms with E-state index < -0.39 is 0 Å². The van der Waals surface area contributed by atoms with Gasteiger partial charge in [0.25, 0.3) is 0 Å². The first-order chi connectivity index (χ1) is 5.70. The Hall–Kier alpha value is -0.440. The Morgan fingerprint density at radius 2 is 2.00 bits per heavy atom. The first-order valence-electron chi connectivity index (χ1n) is 4.72. The van der Waals surface area contributed by atoms with Crippen LogP contribution in [0.25, 0.3) is 0 Å². The van der Waals surface area contributed by atoms with Crippen LogP contribution in [0.4, 0.5) is 0 Å². The van der Waals surface area contributed by atoms with Crippen molar-refractivity contribution in [1.29, 1.82) is 0 Å². The average molecular weight is 170 g/mol. The van der Waals surface area contributed by atoms with Gasteiger partial charge in [-0.25, -0.2) is 0 Å². The third-order valence-corrected chi connectivity index (χ3v) is 2.96. The summed E-state index contributed by atoms with van der Waals surface area (Å²) in [5.41, 5.74) is 0.188. The van der Waals surface area contributed by atoms with E-state index in [0.29, 0.717) is 6.54 Å². The first kappa shape index (κ1) is 9.65. The normalized spacial score (nSPS) is 23.8. The van der Waals surface area contributed by atoms with E-state index in [2.05, 4.69) is 23.9 Å². The molecule has 0 aromatic heterocycles. The maximum atomic E-state index is 10.2. The third-order valence-electron chi connectivity index (χ3n) is 2.96.